The van der Waals surface area contributed by atoms with Gasteiger partial charge >= 0.3 is 0 Å². The van der Waals surface area contributed by atoms with Gasteiger partial charge in [0.2, 0.25) is 0 Å². The molecule has 0 saturated carbocycles. The molecule has 2 rings (SSSR count). The van der Waals surface area contributed by atoms with Crippen LogP contribution in [-0.2, 0) is 6.42 Å². The highest BCUT2D eigenvalue weighted by Crippen LogP contribution is 2.07. The first kappa shape index (κ1) is 17.8. The Morgan fingerprint density at radius 3 is 2.67 bits per heavy atom. The predicted octanol–water partition coefficient (Wildman–Crippen LogP) is 2.52. The van der Waals surface area contributed by atoms with Crippen LogP contribution < -0.4 is 10.1 Å². The van der Waals surface area contributed by atoms with E-state index >= 15 is 0 Å². The van der Waals surface area contributed by atoms with Crippen LogP contribution in [0, 0.1) is 6.92 Å². The highest BCUT2D eigenvalue weighted by molar-refractivity contribution is 5.79. The molecule has 0 bridgehead atoms. The van der Waals surface area contributed by atoms with Gasteiger partial charge in [-0.1, -0.05) is 24.3 Å². The molecule has 1 heterocycles. The predicted molar refractivity (Wildman–Crippen MR) is 98.6 cm³/mol. The fourth-order valence-electron chi connectivity index (χ4n) is 2.27. The summed E-state index contributed by atoms with van der Waals surface area (Å²) in [7, 11) is 3.81. The molecule has 1 aromatic carbocycles. The molecular weight excluding hydrogens is 300 g/mol. The van der Waals surface area contributed by atoms with Gasteiger partial charge in [0.1, 0.15) is 12.4 Å². The van der Waals surface area contributed by atoms with Gasteiger partial charge in [-0.2, -0.15) is 0 Å². The lowest BCUT2D eigenvalue weighted by atomic mass is 10.2. The Balaban J connectivity index is 1.71. The standard InChI is InChI=1S/C19H26N4O/c1-16-9-10-17(15-22-16)11-12-21-19(20-2)23(3)13-14-24-18-7-5-4-6-8-18/h4-10,15H,11-14H2,1-3H3,(H,20,21). The molecule has 0 aliphatic carbocycles. The highest BCUT2D eigenvalue weighted by Gasteiger charge is 2.05. The number of likely N-dealkylation sites (N-methyl/N-ethyl adjacent to an activating group) is 1. The second kappa shape index (κ2) is 9.55. The molecule has 0 unspecified atom stereocenters. The first-order valence-electron chi connectivity index (χ1n) is 8.20. The van der Waals surface area contributed by atoms with E-state index in [0.717, 1.165) is 36.9 Å². The second-order valence-corrected chi connectivity index (χ2v) is 5.61. The van der Waals surface area contributed by atoms with Crippen molar-refractivity contribution in [1.82, 2.24) is 15.2 Å². The number of ether oxygens (including phenoxy) is 1. The van der Waals surface area contributed by atoms with Crippen LogP contribution in [0.1, 0.15) is 11.3 Å². The molecular formula is C19H26N4O. The number of pyridine rings is 1. The molecule has 5 heteroatoms. The van der Waals surface area contributed by atoms with E-state index in [1.165, 1.54) is 5.56 Å². The fourth-order valence-corrected chi connectivity index (χ4v) is 2.27. The summed E-state index contributed by atoms with van der Waals surface area (Å²) in [6, 6.07) is 14.0. The average molecular weight is 326 g/mol. The van der Waals surface area contributed by atoms with Gasteiger partial charge in [0.25, 0.3) is 0 Å². The molecule has 0 aliphatic rings. The van der Waals surface area contributed by atoms with Crippen LogP contribution in [0.25, 0.3) is 0 Å². The van der Waals surface area contributed by atoms with Crippen LogP contribution in [0.4, 0.5) is 0 Å². The fraction of sp³-hybridized carbons (Fsp3) is 0.368. The third-order valence-electron chi connectivity index (χ3n) is 3.68. The molecule has 24 heavy (non-hydrogen) atoms. The Kier molecular flexibility index (Phi) is 7.08. The first-order chi connectivity index (χ1) is 11.7. The molecule has 0 saturated heterocycles. The summed E-state index contributed by atoms with van der Waals surface area (Å²) in [5.74, 6) is 1.76. The summed E-state index contributed by atoms with van der Waals surface area (Å²) in [5, 5.41) is 3.37. The maximum atomic E-state index is 5.72. The Morgan fingerprint density at radius 2 is 2.00 bits per heavy atom. The number of aryl methyl sites for hydroxylation is 1. The minimum Gasteiger partial charge on any atom is -0.492 e. The summed E-state index contributed by atoms with van der Waals surface area (Å²) in [4.78, 5) is 10.7. The van der Waals surface area contributed by atoms with Crippen molar-refractivity contribution in [1.29, 1.82) is 0 Å². The van der Waals surface area contributed by atoms with Crippen LogP contribution >= 0.6 is 0 Å². The van der Waals surface area contributed by atoms with Gasteiger partial charge in [-0.05, 0) is 37.1 Å². The molecule has 1 aromatic heterocycles. The van der Waals surface area contributed by atoms with Gasteiger partial charge in [0.15, 0.2) is 5.96 Å². The molecule has 0 amide bonds. The van der Waals surface area contributed by atoms with Crippen molar-refractivity contribution in [2.75, 3.05) is 33.8 Å². The monoisotopic (exact) mass is 326 g/mol. The van der Waals surface area contributed by atoms with Gasteiger partial charge in [-0.25, -0.2) is 0 Å². The quantitative estimate of drug-likeness (QED) is 0.627. The average Bonchev–Trinajstić information content (AvgIpc) is 2.61. The summed E-state index contributed by atoms with van der Waals surface area (Å²) in [5.41, 5.74) is 2.26. The summed E-state index contributed by atoms with van der Waals surface area (Å²) < 4.78 is 5.72. The maximum absolute atomic E-state index is 5.72. The van der Waals surface area contributed by atoms with Crippen molar-refractivity contribution in [2.24, 2.45) is 4.99 Å². The lowest BCUT2D eigenvalue weighted by Gasteiger charge is -2.22. The van der Waals surface area contributed by atoms with Crippen LogP contribution in [-0.4, -0.2) is 49.6 Å². The second-order valence-electron chi connectivity index (χ2n) is 5.61. The Labute approximate surface area is 144 Å². The van der Waals surface area contributed by atoms with E-state index in [-0.39, 0.29) is 0 Å². The number of nitrogens with one attached hydrogen (secondary N) is 1. The molecule has 5 nitrogen and oxygen atoms in total. The molecule has 0 aliphatic heterocycles. The number of aliphatic imine (C=N–C) groups is 1. The number of benzene rings is 1. The smallest absolute Gasteiger partial charge is 0.193 e. The lowest BCUT2D eigenvalue weighted by Crippen LogP contribution is -2.41. The Hall–Kier alpha value is -2.56. The molecule has 128 valence electrons. The maximum Gasteiger partial charge on any atom is 0.193 e. The van der Waals surface area contributed by atoms with Gasteiger partial charge < -0.3 is 15.0 Å². The van der Waals surface area contributed by atoms with Crippen LogP contribution in [0.3, 0.4) is 0 Å². The SMILES string of the molecule is CN=C(NCCc1ccc(C)nc1)N(C)CCOc1ccccc1. The number of aromatic nitrogens is 1. The Morgan fingerprint density at radius 1 is 1.21 bits per heavy atom. The minimum atomic E-state index is 0.614. The summed E-state index contributed by atoms with van der Waals surface area (Å²) in [6.07, 6.45) is 2.85. The summed E-state index contributed by atoms with van der Waals surface area (Å²) in [6.45, 7) is 4.20. The molecule has 0 atom stereocenters. The van der Waals surface area contributed by atoms with E-state index < -0.39 is 0 Å². The van der Waals surface area contributed by atoms with Crippen LogP contribution in [0.5, 0.6) is 5.75 Å². The number of hydrogen-bond acceptors (Lipinski definition) is 3. The molecule has 0 spiro atoms. The van der Waals surface area contributed by atoms with Crippen LogP contribution in [0.15, 0.2) is 53.7 Å². The zero-order valence-electron chi connectivity index (χ0n) is 14.7. The molecule has 0 fully saturated rings. The normalized spacial score (nSPS) is 11.2. The topological polar surface area (TPSA) is 49.8 Å². The van der Waals surface area contributed by atoms with E-state index in [9.17, 15) is 0 Å². The third-order valence-corrected chi connectivity index (χ3v) is 3.68. The van der Waals surface area contributed by atoms with Gasteiger partial charge in [0.05, 0.1) is 6.54 Å². The number of guanidine groups is 1. The molecule has 0 radical (unpaired) electrons. The van der Waals surface area contributed by atoms with E-state index in [0.29, 0.717) is 6.61 Å². The van der Waals surface area contributed by atoms with Gasteiger partial charge in [0, 0.05) is 32.5 Å². The van der Waals surface area contributed by atoms with Gasteiger partial charge in [-0.3, -0.25) is 9.98 Å². The van der Waals surface area contributed by atoms with E-state index in [2.05, 4.69) is 26.3 Å². The largest absolute Gasteiger partial charge is 0.492 e. The summed E-state index contributed by atoms with van der Waals surface area (Å²) >= 11 is 0. The lowest BCUT2D eigenvalue weighted by molar-refractivity contribution is 0.281. The third kappa shape index (κ3) is 5.91. The van der Waals surface area contributed by atoms with Crippen molar-refractivity contribution in [3.8, 4) is 5.75 Å². The van der Waals surface area contributed by atoms with Crippen molar-refractivity contribution >= 4 is 5.96 Å². The first-order valence-corrected chi connectivity index (χ1v) is 8.20. The van der Waals surface area contributed by atoms with Crippen molar-refractivity contribution in [2.45, 2.75) is 13.3 Å². The number of hydrogen-bond donors (Lipinski definition) is 1. The highest BCUT2D eigenvalue weighted by atomic mass is 16.5. The van der Waals surface area contributed by atoms with E-state index in [1.807, 2.05) is 56.6 Å². The number of nitrogens with zero attached hydrogens (tertiary/aromatic N) is 3. The molecule has 2 aromatic rings. The van der Waals surface area contributed by atoms with Crippen molar-refractivity contribution in [3.05, 3.63) is 59.9 Å². The number of rotatable bonds is 7. The minimum absolute atomic E-state index is 0.614. The zero-order valence-corrected chi connectivity index (χ0v) is 14.7. The van der Waals surface area contributed by atoms with Crippen molar-refractivity contribution in [3.63, 3.8) is 0 Å². The molecule has 1 N–H and O–H groups in total. The number of para-hydroxylation sites is 1. The Bertz CT molecular complexity index is 626. The van der Waals surface area contributed by atoms with Crippen LogP contribution in [0.2, 0.25) is 0 Å². The van der Waals surface area contributed by atoms with Crippen molar-refractivity contribution < 1.29 is 4.74 Å². The van der Waals surface area contributed by atoms with E-state index in [4.69, 9.17) is 4.74 Å². The zero-order chi connectivity index (χ0) is 17.2. The van der Waals surface area contributed by atoms with Gasteiger partial charge in [-0.15, -0.1) is 0 Å². The van der Waals surface area contributed by atoms with E-state index in [1.54, 1.807) is 7.05 Å².